The van der Waals surface area contributed by atoms with E-state index in [9.17, 15) is 9.59 Å². The van der Waals surface area contributed by atoms with E-state index in [4.69, 9.17) is 14.2 Å². The van der Waals surface area contributed by atoms with Crippen molar-refractivity contribution in [2.75, 3.05) is 26.9 Å². The highest BCUT2D eigenvalue weighted by Gasteiger charge is 2.38. The first-order chi connectivity index (χ1) is 12.6. The number of hydrogen-bond acceptors (Lipinski definition) is 5. The lowest BCUT2D eigenvalue weighted by Crippen LogP contribution is -2.51. The maximum atomic E-state index is 12.5. The van der Waals surface area contributed by atoms with Crippen molar-refractivity contribution in [3.63, 3.8) is 0 Å². The summed E-state index contributed by atoms with van der Waals surface area (Å²) in [5.74, 6) is -0.440. The van der Waals surface area contributed by atoms with Gasteiger partial charge >= 0.3 is 12.0 Å². The molecular formula is C19H26N2O5. The van der Waals surface area contributed by atoms with Crippen molar-refractivity contribution in [2.24, 2.45) is 5.92 Å². The average Bonchev–Trinajstić information content (AvgIpc) is 2.62. The third kappa shape index (κ3) is 5.23. The average molecular weight is 362 g/mol. The fourth-order valence-electron chi connectivity index (χ4n) is 2.66. The van der Waals surface area contributed by atoms with Crippen molar-refractivity contribution < 1.29 is 23.8 Å². The van der Waals surface area contributed by atoms with Crippen LogP contribution < -0.4 is 15.4 Å². The largest absolute Gasteiger partial charge is 0.494 e. The maximum absolute atomic E-state index is 12.5. The van der Waals surface area contributed by atoms with Crippen LogP contribution in [0.5, 0.6) is 5.75 Å². The molecule has 26 heavy (non-hydrogen) atoms. The van der Waals surface area contributed by atoms with E-state index in [0.29, 0.717) is 18.9 Å². The first kappa shape index (κ1) is 19.8. The molecule has 1 aromatic carbocycles. The normalized spacial score (nSPS) is 19.5. The minimum Gasteiger partial charge on any atom is -0.494 e. The Labute approximate surface area is 153 Å². The number of ether oxygens (including phenoxy) is 3. The van der Waals surface area contributed by atoms with Gasteiger partial charge in [-0.3, -0.25) is 4.79 Å². The van der Waals surface area contributed by atoms with Crippen LogP contribution in [0, 0.1) is 5.92 Å². The molecule has 1 heterocycles. The molecule has 7 heteroatoms. The molecule has 1 aliphatic rings. The molecule has 0 saturated carbocycles. The Morgan fingerprint density at radius 1 is 1.19 bits per heavy atom. The van der Waals surface area contributed by atoms with E-state index in [0.717, 1.165) is 24.2 Å². The summed E-state index contributed by atoms with van der Waals surface area (Å²) in [5.41, 5.74) is 1.09. The van der Waals surface area contributed by atoms with Gasteiger partial charge in [0, 0.05) is 12.8 Å². The molecule has 1 aromatic rings. The number of carbonyl (C=O) groups is 2. The molecular weight excluding hydrogens is 336 g/mol. The summed E-state index contributed by atoms with van der Waals surface area (Å²) >= 11 is 0. The van der Waals surface area contributed by atoms with Gasteiger partial charge in [-0.1, -0.05) is 32.1 Å². The second-order valence-electron chi connectivity index (χ2n) is 6.01. The van der Waals surface area contributed by atoms with Gasteiger partial charge in [0.2, 0.25) is 0 Å². The Balaban J connectivity index is 2.12. The quantitative estimate of drug-likeness (QED) is 0.521. The lowest BCUT2D eigenvalue weighted by Gasteiger charge is -2.33. The third-order valence-electron chi connectivity index (χ3n) is 4.06. The first-order valence-electron chi connectivity index (χ1n) is 8.71. The van der Waals surface area contributed by atoms with Gasteiger partial charge in [-0.05, 0) is 24.1 Å². The number of unbranched alkanes of at least 4 members (excludes halogenated alkanes) is 1. The Morgan fingerprint density at radius 2 is 1.92 bits per heavy atom. The molecule has 0 aromatic heterocycles. The topological polar surface area (TPSA) is 85.9 Å². The lowest BCUT2D eigenvalue weighted by molar-refractivity contribution is -0.149. The molecule has 7 nitrogen and oxygen atoms in total. The van der Waals surface area contributed by atoms with E-state index in [2.05, 4.69) is 24.1 Å². The van der Waals surface area contributed by atoms with Crippen LogP contribution in [-0.4, -0.2) is 38.9 Å². The van der Waals surface area contributed by atoms with E-state index in [1.54, 1.807) is 0 Å². The summed E-state index contributed by atoms with van der Waals surface area (Å²) in [6.07, 6.45) is 2.05. The van der Waals surface area contributed by atoms with Gasteiger partial charge < -0.3 is 24.8 Å². The maximum Gasteiger partial charge on any atom is 0.319 e. The Bertz CT molecular complexity index is 629. The van der Waals surface area contributed by atoms with Crippen molar-refractivity contribution in [1.29, 1.82) is 0 Å². The highest BCUT2D eigenvalue weighted by molar-refractivity contribution is 5.85. The molecule has 1 aliphatic heterocycles. The molecule has 1 fully saturated rings. The zero-order valence-corrected chi connectivity index (χ0v) is 15.2. The number of amides is 2. The van der Waals surface area contributed by atoms with Crippen LogP contribution in [0.3, 0.4) is 0 Å². The SMILES string of the molecule is C=C1NC(=O)N[C@H](c2ccc(OCCCC)cc2)[C@H]1C(=O)OCCOC. The fraction of sp³-hybridized carbons (Fsp3) is 0.474. The number of urea groups is 1. The zero-order chi connectivity index (χ0) is 18.9. The number of esters is 1. The summed E-state index contributed by atoms with van der Waals surface area (Å²) < 4.78 is 15.8. The van der Waals surface area contributed by atoms with Crippen LogP contribution in [0.2, 0.25) is 0 Å². The molecule has 2 amide bonds. The highest BCUT2D eigenvalue weighted by Crippen LogP contribution is 2.31. The number of benzene rings is 1. The van der Waals surface area contributed by atoms with E-state index in [1.165, 1.54) is 7.11 Å². The number of methoxy groups -OCH3 is 1. The van der Waals surface area contributed by atoms with Crippen LogP contribution in [0.1, 0.15) is 31.4 Å². The Hall–Kier alpha value is -2.54. The summed E-state index contributed by atoms with van der Waals surface area (Å²) in [5, 5.41) is 5.32. The number of rotatable bonds is 9. The second kappa shape index (κ2) is 9.82. The van der Waals surface area contributed by atoms with Crippen LogP contribution in [0.15, 0.2) is 36.5 Å². The molecule has 0 spiro atoms. The molecule has 2 atom stereocenters. The molecule has 0 unspecified atom stereocenters. The van der Waals surface area contributed by atoms with Gasteiger partial charge in [-0.2, -0.15) is 0 Å². The third-order valence-corrected chi connectivity index (χ3v) is 4.06. The number of carbonyl (C=O) groups excluding carboxylic acids is 2. The van der Waals surface area contributed by atoms with Gasteiger partial charge in [0.25, 0.3) is 0 Å². The van der Waals surface area contributed by atoms with Crippen molar-refractivity contribution in [2.45, 2.75) is 25.8 Å². The van der Waals surface area contributed by atoms with Gasteiger partial charge in [-0.15, -0.1) is 0 Å². The standard InChI is InChI=1S/C19H26N2O5/c1-4-5-10-25-15-8-6-14(7-9-15)17-16(13(2)20-19(23)21-17)18(22)26-12-11-24-3/h6-9,16-17H,2,4-5,10-12H2,1,3H3,(H2,20,21,23)/t16-,17+/m0/s1. The highest BCUT2D eigenvalue weighted by atomic mass is 16.6. The van der Waals surface area contributed by atoms with Crippen LogP contribution in [0.25, 0.3) is 0 Å². The minimum absolute atomic E-state index is 0.143. The van der Waals surface area contributed by atoms with Crippen LogP contribution in [0.4, 0.5) is 4.79 Å². The monoisotopic (exact) mass is 362 g/mol. The number of nitrogens with one attached hydrogen (secondary N) is 2. The molecule has 1 saturated heterocycles. The summed E-state index contributed by atoms with van der Waals surface area (Å²) in [6, 6.07) is 6.37. The second-order valence-corrected chi connectivity index (χ2v) is 6.01. The minimum atomic E-state index is -0.726. The number of hydrogen-bond donors (Lipinski definition) is 2. The Morgan fingerprint density at radius 3 is 2.58 bits per heavy atom. The van der Waals surface area contributed by atoms with Gasteiger partial charge in [0.15, 0.2) is 0 Å². The predicted molar refractivity (Wildman–Crippen MR) is 96.7 cm³/mol. The molecule has 2 rings (SSSR count). The van der Waals surface area contributed by atoms with Crippen molar-refractivity contribution >= 4 is 12.0 Å². The van der Waals surface area contributed by atoms with E-state index >= 15 is 0 Å². The lowest BCUT2D eigenvalue weighted by atomic mass is 9.89. The van der Waals surface area contributed by atoms with Crippen molar-refractivity contribution in [1.82, 2.24) is 10.6 Å². The first-order valence-corrected chi connectivity index (χ1v) is 8.71. The molecule has 0 aliphatic carbocycles. The van der Waals surface area contributed by atoms with Crippen molar-refractivity contribution in [3.8, 4) is 5.75 Å². The van der Waals surface area contributed by atoms with Gasteiger partial charge in [0.05, 0.1) is 19.3 Å². The molecule has 0 bridgehead atoms. The predicted octanol–water partition coefficient (Wildman–Crippen LogP) is 2.54. The Kier molecular flexibility index (Phi) is 7.47. The smallest absolute Gasteiger partial charge is 0.319 e. The molecule has 142 valence electrons. The molecule has 0 radical (unpaired) electrons. The van der Waals surface area contributed by atoms with Crippen LogP contribution >= 0.6 is 0 Å². The zero-order valence-electron chi connectivity index (χ0n) is 15.2. The van der Waals surface area contributed by atoms with Gasteiger partial charge in [-0.25, -0.2) is 4.79 Å². The molecule has 2 N–H and O–H groups in total. The van der Waals surface area contributed by atoms with E-state index in [-0.39, 0.29) is 6.61 Å². The van der Waals surface area contributed by atoms with E-state index in [1.807, 2.05) is 24.3 Å². The summed E-state index contributed by atoms with van der Waals surface area (Å²) in [7, 11) is 1.53. The summed E-state index contributed by atoms with van der Waals surface area (Å²) in [4.78, 5) is 24.3. The van der Waals surface area contributed by atoms with Crippen LogP contribution in [-0.2, 0) is 14.3 Å². The van der Waals surface area contributed by atoms with E-state index < -0.39 is 24.0 Å². The van der Waals surface area contributed by atoms with Gasteiger partial charge in [0.1, 0.15) is 18.3 Å². The van der Waals surface area contributed by atoms with Crippen molar-refractivity contribution in [3.05, 3.63) is 42.1 Å². The fourth-order valence-corrected chi connectivity index (χ4v) is 2.66. The summed E-state index contributed by atoms with van der Waals surface area (Å²) in [6.45, 7) is 7.02.